The highest BCUT2D eigenvalue weighted by Gasteiger charge is 2.53. The Bertz CT molecular complexity index is 761. The van der Waals surface area contributed by atoms with Crippen LogP contribution in [0.5, 0.6) is 5.75 Å². The first kappa shape index (κ1) is 17.5. The Morgan fingerprint density at radius 3 is 2.69 bits per heavy atom. The Kier molecular flexibility index (Phi) is 4.47. The number of rotatable bonds is 3. The van der Waals surface area contributed by atoms with E-state index in [9.17, 15) is 9.59 Å². The third-order valence-corrected chi connectivity index (χ3v) is 7.22. The minimum Gasteiger partial charge on any atom is -0.497 e. The number of amides is 2. The lowest BCUT2D eigenvalue weighted by Crippen LogP contribution is -2.52. The number of hydrogen-bond donors (Lipinski definition) is 0. The minimum atomic E-state index is -0.295. The molecule has 2 saturated heterocycles. The third-order valence-electron chi connectivity index (χ3n) is 5.71. The van der Waals surface area contributed by atoms with E-state index < -0.39 is 0 Å². The zero-order chi connectivity index (χ0) is 18.3. The van der Waals surface area contributed by atoms with Crippen LogP contribution in [0.1, 0.15) is 31.7 Å². The van der Waals surface area contributed by atoms with Gasteiger partial charge in [0.15, 0.2) is 0 Å². The van der Waals surface area contributed by atoms with Crippen LogP contribution in [0.4, 0.5) is 0 Å². The summed E-state index contributed by atoms with van der Waals surface area (Å²) >= 11 is 1.75. The molecule has 2 atom stereocenters. The number of thioether (sulfide) groups is 1. The minimum absolute atomic E-state index is 0.0986. The Balaban J connectivity index is 1.45. The van der Waals surface area contributed by atoms with E-state index in [4.69, 9.17) is 4.74 Å². The molecule has 6 heteroatoms. The number of ether oxygens (including phenoxy) is 1. The molecule has 4 rings (SSSR count). The molecule has 1 aromatic carbocycles. The molecule has 1 aromatic rings. The van der Waals surface area contributed by atoms with Gasteiger partial charge in [0.25, 0.3) is 0 Å². The molecular weight excluding hydrogens is 348 g/mol. The lowest BCUT2D eigenvalue weighted by atomic mass is 9.99. The fourth-order valence-electron chi connectivity index (χ4n) is 4.15. The maximum atomic E-state index is 13.0. The molecule has 0 unspecified atom stereocenters. The summed E-state index contributed by atoms with van der Waals surface area (Å²) in [7, 11) is 1.66. The van der Waals surface area contributed by atoms with E-state index in [1.165, 1.54) is 11.1 Å². The second kappa shape index (κ2) is 6.65. The van der Waals surface area contributed by atoms with Gasteiger partial charge < -0.3 is 14.5 Å². The summed E-state index contributed by atoms with van der Waals surface area (Å²) in [6.45, 7) is 3.41. The summed E-state index contributed by atoms with van der Waals surface area (Å²) < 4.78 is 5.21. The van der Waals surface area contributed by atoms with Gasteiger partial charge in [-0.3, -0.25) is 9.59 Å². The fourth-order valence-corrected chi connectivity index (χ4v) is 5.57. The summed E-state index contributed by atoms with van der Waals surface area (Å²) in [5.74, 6) is 1.79. The van der Waals surface area contributed by atoms with Gasteiger partial charge in [-0.1, -0.05) is 18.2 Å². The maximum Gasteiger partial charge on any atom is 0.246 e. The van der Waals surface area contributed by atoms with Crippen LogP contribution in [0.3, 0.4) is 0 Å². The van der Waals surface area contributed by atoms with E-state index in [0.717, 1.165) is 18.6 Å². The highest BCUT2D eigenvalue weighted by atomic mass is 32.2. The van der Waals surface area contributed by atoms with Crippen molar-refractivity contribution >= 4 is 29.1 Å². The van der Waals surface area contributed by atoms with Crippen molar-refractivity contribution in [2.45, 2.75) is 37.1 Å². The van der Waals surface area contributed by atoms with Gasteiger partial charge in [-0.2, -0.15) is 0 Å². The largest absolute Gasteiger partial charge is 0.497 e. The second-order valence-corrected chi connectivity index (χ2v) is 8.76. The number of hydrogen-bond acceptors (Lipinski definition) is 4. The molecule has 5 nitrogen and oxygen atoms in total. The Morgan fingerprint density at radius 2 is 2.04 bits per heavy atom. The lowest BCUT2D eigenvalue weighted by molar-refractivity contribution is -0.143. The van der Waals surface area contributed by atoms with E-state index in [-0.39, 0.29) is 22.7 Å². The molecule has 3 aliphatic rings. The fraction of sp³-hybridized carbons (Fsp3) is 0.500. The SMILES string of the molecule is COc1ccc(C2=CCN(C(=O)[C@@H]3CS[C@]4(C)CCC(=O)N34)CC2)cc1. The Labute approximate surface area is 158 Å². The van der Waals surface area contributed by atoms with Crippen LogP contribution in [-0.2, 0) is 9.59 Å². The summed E-state index contributed by atoms with van der Waals surface area (Å²) in [5.41, 5.74) is 2.44. The molecule has 0 spiro atoms. The van der Waals surface area contributed by atoms with Crippen molar-refractivity contribution in [3.8, 4) is 5.75 Å². The predicted molar refractivity (Wildman–Crippen MR) is 103 cm³/mol. The Hall–Kier alpha value is -1.95. The molecule has 138 valence electrons. The van der Waals surface area contributed by atoms with Gasteiger partial charge in [0.1, 0.15) is 11.8 Å². The van der Waals surface area contributed by atoms with Crippen molar-refractivity contribution in [1.82, 2.24) is 9.80 Å². The second-order valence-electron chi connectivity index (χ2n) is 7.26. The summed E-state index contributed by atoms with van der Waals surface area (Å²) in [6.07, 6.45) is 4.38. The van der Waals surface area contributed by atoms with Gasteiger partial charge in [0.05, 0.1) is 12.0 Å². The molecule has 0 N–H and O–H groups in total. The number of nitrogens with zero attached hydrogens (tertiary/aromatic N) is 2. The molecule has 0 aromatic heterocycles. The molecule has 0 radical (unpaired) electrons. The van der Waals surface area contributed by atoms with Gasteiger partial charge >= 0.3 is 0 Å². The van der Waals surface area contributed by atoms with Crippen LogP contribution in [-0.4, -0.2) is 58.5 Å². The van der Waals surface area contributed by atoms with Gasteiger partial charge in [-0.25, -0.2) is 0 Å². The molecular formula is C20H24N2O3S. The van der Waals surface area contributed by atoms with E-state index >= 15 is 0 Å². The average Bonchev–Trinajstić information content (AvgIpc) is 3.17. The van der Waals surface area contributed by atoms with Crippen LogP contribution < -0.4 is 4.74 Å². The smallest absolute Gasteiger partial charge is 0.246 e. The first-order chi connectivity index (χ1) is 12.5. The summed E-state index contributed by atoms with van der Waals surface area (Å²) in [6, 6.07) is 7.75. The van der Waals surface area contributed by atoms with E-state index in [0.29, 0.717) is 25.3 Å². The van der Waals surface area contributed by atoms with Crippen molar-refractivity contribution in [3.63, 3.8) is 0 Å². The van der Waals surface area contributed by atoms with Gasteiger partial charge in [-0.15, -0.1) is 11.8 Å². The summed E-state index contributed by atoms with van der Waals surface area (Å²) in [5, 5.41) is 0. The van der Waals surface area contributed by atoms with Crippen LogP contribution in [0.2, 0.25) is 0 Å². The van der Waals surface area contributed by atoms with E-state index in [1.807, 2.05) is 21.9 Å². The monoisotopic (exact) mass is 372 g/mol. The van der Waals surface area contributed by atoms with Crippen molar-refractivity contribution in [1.29, 1.82) is 0 Å². The molecule has 2 amide bonds. The molecule has 2 fully saturated rings. The van der Waals surface area contributed by atoms with Crippen LogP contribution >= 0.6 is 11.8 Å². The van der Waals surface area contributed by atoms with Crippen molar-refractivity contribution in [2.75, 3.05) is 26.0 Å². The molecule has 3 heterocycles. The third kappa shape index (κ3) is 2.90. The van der Waals surface area contributed by atoms with Gasteiger partial charge in [0, 0.05) is 25.3 Å². The van der Waals surface area contributed by atoms with E-state index in [1.54, 1.807) is 18.9 Å². The van der Waals surface area contributed by atoms with E-state index in [2.05, 4.69) is 25.1 Å². The van der Waals surface area contributed by atoms with Crippen LogP contribution in [0.25, 0.3) is 5.57 Å². The normalized spacial score (nSPS) is 28.2. The van der Waals surface area contributed by atoms with Crippen molar-refractivity contribution in [2.24, 2.45) is 0 Å². The molecule has 0 saturated carbocycles. The topological polar surface area (TPSA) is 49.9 Å². The molecule has 26 heavy (non-hydrogen) atoms. The number of carbonyl (C=O) groups excluding carboxylic acids is 2. The van der Waals surface area contributed by atoms with Gasteiger partial charge in [-0.05, 0) is 43.0 Å². The first-order valence-corrected chi connectivity index (χ1v) is 10.1. The van der Waals surface area contributed by atoms with Crippen molar-refractivity contribution in [3.05, 3.63) is 35.9 Å². The molecule has 0 bridgehead atoms. The van der Waals surface area contributed by atoms with Gasteiger partial charge in [0.2, 0.25) is 11.8 Å². The summed E-state index contributed by atoms with van der Waals surface area (Å²) in [4.78, 5) is 28.9. The van der Waals surface area contributed by atoms with Crippen LogP contribution in [0.15, 0.2) is 30.3 Å². The molecule has 0 aliphatic carbocycles. The first-order valence-electron chi connectivity index (χ1n) is 9.10. The number of benzene rings is 1. The van der Waals surface area contributed by atoms with Crippen LogP contribution in [0, 0.1) is 0 Å². The zero-order valence-electron chi connectivity index (χ0n) is 15.2. The number of methoxy groups -OCH3 is 1. The highest BCUT2D eigenvalue weighted by molar-refractivity contribution is 8.01. The Morgan fingerprint density at radius 1 is 1.27 bits per heavy atom. The maximum absolute atomic E-state index is 13.0. The van der Waals surface area contributed by atoms with Crippen molar-refractivity contribution < 1.29 is 14.3 Å². The number of carbonyl (C=O) groups is 2. The number of fused-ring (bicyclic) bond motifs is 1. The average molecular weight is 372 g/mol. The lowest BCUT2D eigenvalue weighted by Gasteiger charge is -2.34. The highest BCUT2D eigenvalue weighted by Crippen LogP contribution is 2.47. The molecule has 3 aliphatic heterocycles. The standard InChI is InChI=1S/C20H24N2O3S/c1-20-10-7-18(23)22(20)17(13-26-20)19(24)21-11-8-15(9-12-21)14-3-5-16(25-2)6-4-14/h3-6,8,17H,7,9-13H2,1-2H3/t17-,20+/m0/s1. The quantitative estimate of drug-likeness (QED) is 0.819. The zero-order valence-corrected chi connectivity index (χ0v) is 16.1. The predicted octanol–water partition coefficient (Wildman–Crippen LogP) is 2.76.